The summed E-state index contributed by atoms with van der Waals surface area (Å²) in [6, 6.07) is 13.7. The Morgan fingerprint density at radius 2 is 1.62 bits per heavy atom. The van der Waals surface area contributed by atoms with Crippen LogP contribution in [0.4, 0.5) is 5.69 Å². The number of Topliss-reactive ketones (excluding diaryl/α,β-unsaturated/α-hetero) is 1. The average Bonchev–Trinajstić information content (AvgIpc) is 3.12. The van der Waals surface area contributed by atoms with Crippen LogP contribution < -0.4 is 14.4 Å². The van der Waals surface area contributed by atoms with E-state index in [1.165, 1.54) is 11.0 Å². The van der Waals surface area contributed by atoms with Crippen LogP contribution >= 0.6 is 11.6 Å². The second kappa shape index (κ2) is 10.6. The third-order valence-corrected chi connectivity index (χ3v) is 6.45. The van der Waals surface area contributed by atoms with Gasteiger partial charge in [0.15, 0.2) is 11.5 Å². The van der Waals surface area contributed by atoms with Crippen LogP contribution in [0.2, 0.25) is 5.02 Å². The molecule has 1 aliphatic heterocycles. The Morgan fingerprint density at radius 3 is 2.27 bits per heavy atom. The van der Waals surface area contributed by atoms with Crippen LogP contribution in [0.15, 0.2) is 60.2 Å². The summed E-state index contributed by atoms with van der Waals surface area (Å²) in [5.41, 5.74) is 2.72. The highest BCUT2D eigenvalue weighted by Crippen LogP contribution is 2.45. The highest BCUT2D eigenvalue weighted by molar-refractivity contribution is 6.51. The smallest absolute Gasteiger partial charge is 0.300 e. The highest BCUT2D eigenvalue weighted by atomic mass is 35.5. The Labute approximate surface area is 220 Å². The topological polar surface area (TPSA) is 96.3 Å². The molecular formula is C29H28ClNO6. The van der Waals surface area contributed by atoms with Crippen LogP contribution in [0.1, 0.15) is 42.1 Å². The van der Waals surface area contributed by atoms with Gasteiger partial charge in [-0.05, 0) is 92.9 Å². The van der Waals surface area contributed by atoms with Gasteiger partial charge in [-0.1, -0.05) is 17.7 Å². The number of benzene rings is 3. The summed E-state index contributed by atoms with van der Waals surface area (Å²) in [4.78, 5) is 28.3. The summed E-state index contributed by atoms with van der Waals surface area (Å²) in [6.45, 7) is 8.07. The molecule has 8 heteroatoms. The van der Waals surface area contributed by atoms with Crippen LogP contribution in [0.5, 0.6) is 17.2 Å². The Morgan fingerprint density at radius 1 is 0.919 bits per heavy atom. The molecule has 4 rings (SSSR count). The first kappa shape index (κ1) is 26.1. The molecule has 0 aliphatic carbocycles. The molecule has 0 radical (unpaired) electrons. The van der Waals surface area contributed by atoms with E-state index in [0.29, 0.717) is 46.4 Å². The highest BCUT2D eigenvalue weighted by Gasteiger charge is 2.47. The van der Waals surface area contributed by atoms with E-state index in [0.717, 1.165) is 5.56 Å². The largest absolute Gasteiger partial charge is 0.507 e. The van der Waals surface area contributed by atoms with Crippen LogP contribution in [0.3, 0.4) is 0 Å². The minimum absolute atomic E-state index is 0.0731. The fourth-order valence-corrected chi connectivity index (χ4v) is 4.75. The predicted octanol–water partition coefficient (Wildman–Crippen LogP) is 6.09. The first-order valence-electron chi connectivity index (χ1n) is 11.9. The molecule has 1 saturated heterocycles. The predicted molar refractivity (Wildman–Crippen MR) is 143 cm³/mol. The molecule has 1 amide bonds. The molecule has 1 atom stereocenters. The Hall–Kier alpha value is -3.97. The molecule has 7 nitrogen and oxygen atoms in total. The number of ketones is 1. The van der Waals surface area contributed by atoms with E-state index in [2.05, 4.69) is 0 Å². The van der Waals surface area contributed by atoms with E-state index in [4.69, 9.17) is 21.1 Å². The maximum atomic E-state index is 13.5. The van der Waals surface area contributed by atoms with Crippen LogP contribution in [-0.4, -0.2) is 35.1 Å². The van der Waals surface area contributed by atoms with Crippen LogP contribution in [0.25, 0.3) is 5.76 Å². The van der Waals surface area contributed by atoms with Gasteiger partial charge in [0.25, 0.3) is 11.7 Å². The lowest BCUT2D eigenvalue weighted by atomic mass is 9.94. The molecule has 1 fully saturated rings. The molecule has 1 aliphatic rings. The maximum absolute atomic E-state index is 13.5. The molecule has 192 valence electrons. The standard InChI is InChI=1S/C29H28ClNO6/c1-5-36-23-12-8-19(13-17(23)4)27(33)25-26(18-7-11-22(32)24(15-18)37-6-2)31(29(35)28(25)34)21-10-9-20(30)14-16(21)3/h7-15,26,32-33H,5-6H2,1-4H3/b27-25+. The number of aliphatic hydroxyl groups is 1. The number of ether oxygens (including phenoxy) is 2. The number of halogens is 1. The molecule has 0 saturated carbocycles. The Kier molecular flexibility index (Phi) is 7.45. The number of carbonyl (C=O) groups excluding carboxylic acids is 2. The lowest BCUT2D eigenvalue weighted by molar-refractivity contribution is -0.132. The average molecular weight is 522 g/mol. The lowest BCUT2D eigenvalue weighted by Gasteiger charge is -2.27. The van der Waals surface area contributed by atoms with Crippen molar-refractivity contribution < 1.29 is 29.3 Å². The van der Waals surface area contributed by atoms with E-state index < -0.39 is 17.7 Å². The zero-order chi connectivity index (χ0) is 26.9. The van der Waals surface area contributed by atoms with Gasteiger partial charge in [0, 0.05) is 16.3 Å². The lowest BCUT2D eigenvalue weighted by Crippen LogP contribution is -2.30. The Balaban J connectivity index is 1.96. The van der Waals surface area contributed by atoms with Gasteiger partial charge in [-0.2, -0.15) is 0 Å². The van der Waals surface area contributed by atoms with Crippen LogP contribution in [-0.2, 0) is 9.59 Å². The molecule has 1 heterocycles. The fourth-order valence-electron chi connectivity index (χ4n) is 4.53. The van der Waals surface area contributed by atoms with Gasteiger partial charge >= 0.3 is 0 Å². The molecule has 2 N–H and O–H groups in total. The Bertz CT molecular complexity index is 1410. The van der Waals surface area contributed by atoms with E-state index >= 15 is 0 Å². The number of carbonyl (C=O) groups is 2. The monoisotopic (exact) mass is 521 g/mol. The van der Waals surface area contributed by atoms with Gasteiger partial charge in [0.05, 0.1) is 24.8 Å². The van der Waals surface area contributed by atoms with Crippen molar-refractivity contribution in [3.8, 4) is 17.2 Å². The van der Waals surface area contributed by atoms with Crippen molar-refractivity contribution in [2.24, 2.45) is 0 Å². The van der Waals surface area contributed by atoms with Crippen LogP contribution in [0, 0.1) is 13.8 Å². The number of rotatable bonds is 7. The van der Waals surface area contributed by atoms with Gasteiger partial charge in [-0.3, -0.25) is 14.5 Å². The number of aryl methyl sites for hydroxylation is 2. The molecule has 0 spiro atoms. The third kappa shape index (κ3) is 4.87. The number of hydrogen-bond donors (Lipinski definition) is 2. The molecule has 1 unspecified atom stereocenters. The minimum atomic E-state index is -0.980. The first-order valence-corrected chi connectivity index (χ1v) is 12.3. The van der Waals surface area contributed by atoms with E-state index in [9.17, 15) is 19.8 Å². The number of phenolic OH excluding ortho intramolecular Hbond substituents is 1. The summed E-state index contributed by atoms with van der Waals surface area (Å²) >= 11 is 6.15. The quantitative estimate of drug-likeness (QED) is 0.222. The van der Waals surface area contributed by atoms with Crippen molar-refractivity contribution >= 4 is 34.7 Å². The second-order valence-corrected chi connectivity index (χ2v) is 9.11. The van der Waals surface area contributed by atoms with Crippen molar-refractivity contribution in [2.45, 2.75) is 33.7 Å². The zero-order valence-electron chi connectivity index (χ0n) is 21.0. The number of hydrogen-bond acceptors (Lipinski definition) is 6. The zero-order valence-corrected chi connectivity index (χ0v) is 21.8. The molecule has 37 heavy (non-hydrogen) atoms. The van der Waals surface area contributed by atoms with Gasteiger partial charge < -0.3 is 19.7 Å². The van der Waals surface area contributed by atoms with E-state index in [-0.39, 0.29) is 22.8 Å². The van der Waals surface area contributed by atoms with Crippen molar-refractivity contribution in [2.75, 3.05) is 18.1 Å². The maximum Gasteiger partial charge on any atom is 0.300 e. The second-order valence-electron chi connectivity index (χ2n) is 8.67. The molecule has 3 aromatic rings. The summed E-state index contributed by atoms with van der Waals surface area (Å²) in [5.74, 6) is -1.13. The fraction of sp³-hybridized carbons (Fsp3) is 0.241. The summed E-state index contributed by atoms with van der Waals surface area (Å²) < 4.78 is 11.2. The van der Waals surface area contributed by atoms with Crippen molar-refractivity contribution in [3.63, 3.8) is 0 Å². The van der Waals surface area contributed by atoms with Crippen molar-refractivity contribution in [1.82, 2.24) is 0 Å². The number of nitrogens with zero attached hydrogens (tertiary/aromatic N) is 1. The van der Waals surface area contributed by atoms with Crippen molar-refractivity contribution in [3.05, 3.63) is 87.4 Å². The summed E-state index contributed by atoms with van der Waals surface area (Å²) in [7, 11) is 0. The number of aromatic hydroxyl groups is 1. The van der Waals surface area contributed by atoms with E-state index in [1.54, 1.807) is 62.4 Å². The third-order valence-electron chi connectivity index (χ3n) is 6.21. The van der Waals surface area contributed by atoms with Gasteiger partial charge in [0.1, 0.15) is 11.5 Å². The number of aliphatic hydroxyl groups excluding tert-OH is 1. The van der Waals surface area contributed by atoms with E-state index in [1.807, 2.05) is 13.8 Å². The summed E-state index contributed by atoms with van der Waals surface area (Å²) in [6.07, 6.45) is 0. The number of phenols is 1. The molecule has 3 aromatic carbocycles. The number of anilines is 1. The first-order chi connectivity index (χ1) is 17.7. The van der Waals surface area contributed by atoms with Gasteiger partial charge in [-0.15, -0.1) is 0 Å². The molecule has 0 aromatic heterocycles. The van der Waals surface area contributed by atoms with Gasteiger partial charge in [0.2, 0.25) is 0 Å². The normalized spacial score (nSPS) is 16.8. The van der Waals surface area contributed by atoms with Gasteiger partial charge in [-0.25, -0.2) is 0 Å². The number of amides is 1. The minimum Gasteiger partial charge on any atom is -0.507 e. The molecule has 0 bridgehead atoms. The SMILES string of the molecule is CCOc1ccc(/C(O)=C2\C(=O)C(=O)N(c3ccc(Cl)cc3C)C2c2ccc(O)c(OCC)c2)cc1C. The summed E-state index contributed by atoms with van der Waals surface area (Å²) in [5, 5.41) is 22.2. The molecular weight excluding hydrogens is 494 g/mol. The van der Waals surface area contributed by atoms with Crippen molar-refractivity contribution in [1.29, 1.82) is 0 Å².